The normalized spacial score (nSPS) is 13.4. The summed E-state index contributed by atoms with van der Waals surface area (Å²) in [6, 6.07) is 22.8. The molecule has 0 aliphatic carbocycles. The summed E-state index contributed by atoms with van der Waals surface area (Å²) in [5.41, 5.74) is 1.68. The van der Waals surface area contributed by atoms with E-state index in [1.54, 1.807) is 55.5 Å². The van der Waals surface area contributed by atoms with Crippen LogP contribution in [0.2, 0.25) is 0 Å². The number of hydrogen-bond donors (Lipinski definition) is 0. The highest BCUT2D eigenvalue weighted by atomic mass is 32.3. The highest BCUT2D eigenvalue weighted by molar-refractivity contribution is 8.09. The Morgan fingerprint density at radius 2 is 1.00 bits per heavy atom. The van der Waals surface area contributed by atoms with E-state index >= 15 is 0 Å². The van der Waals surface area contributed by atoms with E-state index in [9.17, 15) is 16.8 Å². The second kappa shape index (κ2) is 7.89. The Morgan fingerprint density at radius 1 is 0.607 bits per heavy atom. The van der Waals surface area contributed by atoms with Gasteiger partial charge in [-0.05, 0) is 36.8 Å². The molecule has 0 amide bonds. The molecule has 28 heavy (non-hydrogen) atoms. The smallest absolute Gasteiger partial charge is 0.196 e. The van der Waals surface area contributed by atoms with Gasteiger partial charge in [-0.15, -0.1) is 0 Å². The van der Waals surface area contributed by atoms with Crippen molar-refractivity contribution in [2.24, 2.45) is 0 Å². The molecule has 0 fully saturated rings. The van der Waals surface area contributed by atoms with Crippen LogP contribution in [0.15, 0.2) is 94.7 Å². The SMILES string of the molecule is Cc1ccc(C(C)C(S(=O)(=O)c2ccccc2)S(=O)(=O)c2ccccc2)cc1. The van der Waals surface area contributed by atoms with Gasteiger partial charge >= 0.3 is 0 Å². The van der Waals surface area contributed by atoms with E-state index in [2.05, 4.69) is 0 Å². The number of sulfone groups is 2. The molecule has 0 heterocycles. The topological polar surface area (TPSA) is 68.3 Å². The fraction of sp³-hybridized carbons (Fsp3) is 0.182. The van der Waals surface area contributed by atoms with Crippen LogP contribution in [0.3, 0.4) is 0 Å². The Kier molecular flexibility index (Phi) is 5.72. The standard InChI is InChI=1S/C22H22O4S2/c1-17-13-15-19(16-14-17)18(2)22(27(23,24)20-9-5-3-6-10-20)28(25,26)21-11-7-4-8-12-21/h3-16,18,22H,1-2H3. The molecule has 3 rings (SSSR count). The molecule has 3 aromatic carbocycles. The third-order valence-corrected chi connectivity index (χ3v) is 10.2. The molecule has 6 heteroatoms. The molecule has 0 aliphatic heterocycles. The largest absolute Gasteiger partial charge is 0.222 e. The van der Waals surface area contributed by atoms with Crippen LogP contribution < -0.4 is 0 Å². The molecule has 1 unspecified atom stereocenters. The first-order valence-corrected chi connectivity index (χ1v) is 12.0. The average molecular weight is 415 g/mol. The lowest BCUT2D eigenvalue weighted by atomic mass is 10.0. The van der Waals surface area contributed by atoms with Gasteiger partial charge in [0.05, 0.1) is 9.79 Å². The Bertz CT molecular complexity index is 1070. The Hall–Kier alpha value is -2.44. The van der Waals surface area contributed by atoms with Gasteiger partial charge in [-0.25, -0.2) is 16.8 Å². The maximum Gasteiger partial charge on any atom is 0.196 e. The fourth-order valence-corrected chi connectivity index (χ4v) is 8.22. The molecular weight excluding hydrogens is 392 g/mol. The summed E-state index contributed by atoms with van der Waals surface area (Å²) in [5.74, 6) is -0.754. The van der Waals surface area contributed by atoms with Gasteiger partial charge in [0.2, 0.25) is 0 Å². The lowest BCUT2D eigenvalue weighted by molar-refractivity contribution is 0.562. The van der Waals surface area contributed by atoms with Crippen molar-refractivity contribution in [3.8, 4) is 0 Å². The number of rotatable bonds is 6. The predicted molar refractivity (Wildman–Crippen MR) is 111 cm³/mol. The maximum absolute atomic E-state index is 13.5. The van der Waals surface area contributed by atoms with Gasteiger partial charge in [0.1, 0.15) is 0 Å². The van der Waals surface area contributed by atoms with Gasteiger partial charge < -0.3 is 0 Å². The third-order valence-electron chi connectivity index (χ3n) is 4.77. The minimum Gasteiger partial charge on any atom is -0.222 e. The van der Waals surface area contributed by atoms with Crippen LogP contribution in [-0.4, -0.2) is 21.4 Å². The molecule has 0 spiro atoms. The van der Waals surface area contributed by atoms with Crippen molar-refractivity contribution in [2.75, 3.05) is 0 Å². The Morgan fingerprint density at radius 3 is 1.39 bits per heavy atom. The minimum atomic E-state index is -4.15. The first kappa shape index (κ1) is 20.3. The van der Waals surface area contributed by atoms with Gasteiger partial charge in [0, 0.05) is 5.92 Å². The molecule has 1 atom stereocenters. The van der Waals surface area contributed by atoms with E-state index in [1.807, 2.05) is 19.1 Å². The van der Waals surface area contributed by atoms with Crippen molar-refractivity contribution in [2.45, 2.75) is 34.1 Å². The zero-order valence-corrected chi connectivity index (χ0v) is 17.3. The van der Waals surface area contributed by atoms with Crippen LogP contribution in [0.25, 0.3) is 0 Å². The van der Waals surface area contributed by atoms with E-state index in [0.717, 1.165) is 5.56 Å². The molecule has 0 saturated carbocycles. The minimum absolute atomic E-state index is 0.00142. The highest BCUT2D eigenvalue weighted by Crippen LogP contribution is 2.35. The number of hydrogen-bond acceptors (Lipinski definition) is 4. The molecule has 4 nitrogen and oxygen atoms in total. The molecule has 3 aromatic rings. The van der Waals surface area contributed by atoms with Crippen LogP contribution in [0.5, 0.6) is 0 Å². The van der Waals surface area contributed by atoms with Crippen molar-refractivity contribution in [3.63, 3.8) is 0 Å². The summed E-state index contributed by atoms with van der Waals surface area (Å²) >= 11 is 0. The Balaban J connectivity index is 2.21. The van der Waals surface area contributed by atoms with E-state index in [0.29, 0.717) is 5.56 Å². The van der Waals surface area contributed by atoms with Gasteiger partial charge in [-0.2, -0.15) is 0 Å². The zero-order chi connectivity index (χ0) is 20.4. The summed E-state index contributed by atoms with van der Waals surface area (Å²) in [5, 5.41) is 0. The van der Waals surface area contributed by atoms with E-state index in [4.69, 9.17) is 0 Å². The van der Waals surface area contributed by atoms with Crippen molar-refractivity contribution in [1.29, 1.82) is 0 Å². The van der Waals surface area contributed by atoms with Crippen LogP contribution in [0.1, 0.15) is 24.0 Å². The molecule has 0 saturated heterocycles. The summed E-state index contributed by atoms with van der Waals surface area (Å²) in [6.45, 7) is 3.57. The maximum atomic E-state index is 13.5. The van der Waals surface area contributed by atoms with Crippen LogP contribution in [0.4, 0.5) is 0 Å². The highest BCUT2D eigenvalue weighted by Gasteiger charge is 2.44. The lowest BCUT2D eigenvalue weighted by Gasteiger charge is -2.25. The van der Waals surface area contributed by atoms with E-state index in [-0.39, 0.29) is 9.79 Å². The molecule has 146 valence electrons. The van der Waals surface area contributed by atoms with Crippen molar-refractivity contribution < 1.29 is 16.8 Å². The van der Waals surface area contributed by atoms with E-state index in [1.165, 1.54) is 24.3 Å². The predicted octanol–water partition coefficient (Wildman–Crippen LogP) is 4.37. The third kappa shape index (κ3) is 3.88. The van der Waals surface area contributed by atoms with Gasteiger partial charge in [-0.1, -0.05) is 73.2 Å². The quantitative estimate of drug-likeness (QED) is 0.601. The molecule has 0 radical (unpaired) electrons. The first-order chi connectivity index (χ1) is 13.2. The Labute approximate surface area is 166 Å². The summed E-state index contributed by atoms with van der Waals surface area (Å²) in [4.78, 5) is -0.00284. The molecule has 0 aromatic heterocycles. The lowest BCUT2D eigenvalue weighted by Crippen LogP contribution is -2.35. The fourth-order valence-electron chi connectivity index (χ4n) is 3.22. The average Bonchev–Trinajstić information content (AvgIpc) is 2.69. The van der Waals surface area contributed by atoms with Crippen LogP contribution in [-0.2, 0) is 19.7 Å². The number of benzene rings is 3. The van der Waals surface area contributed by atoms with Gasteiger partial charge in [-0.3, -0.25) is 0 Å². The summed E-state index contributed by atoms with van der Waals surface area (Å²) in [6.07, 6.45) is 0. The van der Waals surface area contributed by atoms with Gasteiger partial charge in [0.25, 0.3) is 0 Å². The van der Waals surface area contributed by atoms with Crippen molar-refractivity contribution in [1.82, 2.24) is 0 Å². The van der Waals surface area contributed by atoms with Crippen LogP contribution >= 0.6 is 0 Å². The summed E-state index contributed by atoms with van der Waals surface area (Å²) < 4.78 is 52.2. The molecule has 0 N–H and O–H groups in total. The number of aryl methyl sites for hydroxylation is 1. The molecule has 0 bridgehead atoms. The van der Waals surface area contributed by atoms with Crippen LogP contribution in [0, 0.1) is 6.92 Å². The van der Waals surface area contributed by atoms with Gasteiger partial charge in [0.15, 0.2) is 24.3 Å². The monoisotopic (exact) mass is 414 g/mol. The summed E-state index contributed by atoms with van der Waals surface area (Å²) in [7, 11) is -8.30. The first-order valence-electron chi connectivity index (χ1n) is 8.89. The van der Waals surface area contributed by atoms with Crippen molar-refractivity contribution >= 4 is 19.7 Å². The zero-order valence-electron chi connectivity index (χ0n) is 15.7. The van der Waals surface area contributed by atoms with E-state index < -0.39 is 30.2 Å². The second-order valence-electron chi connectivity index (χ2n) is 6.78. The molecule has 0 aliphatic rings. The van der Waals surface area contributed by atoms with Crippen molar-refractivity contribution in [3.05, 3.63) is 96.1 Å². The molecular formula is C22H22O4S2. The second-order valence-corrected chi connectivity index (χ2v) is 11.2.